The van der Waals surface area contributed by atoms with Crippen molar-refractivity contribution in [2.24, 2.45) is 0 Å². The van der Waals surface area contributed by atoms with Crippen LogP contribution >= 0.6 is 0 Å². The average Bonchev–Trinajstić information content (AvgIpc) is 2.26. The molecule has 0 atom stereocenters. The van der Waals surface area contributed by atoms with Crippen LogP contribution in [-0.2, 0) is 0 Å². The van der Waals surface area contributed by atoms with E-state index in [4.69, 9.17) is 5.73 Å². The largest absolute Gasteiger partial charge is 0.383 e. The molecule has 6 heteroatoms. The fourth-order valence-corrected chi connectivity index (χ4v) is 1.71. The first-order valence-corrected chi connectivity index (χ1v) is 5.38. The van der Waals surface area contributed by atoms with Crippen LogP contribution in [0.15, 0.2) is 4.79 Å². The van der Waals surface area contributed by atoms with Gasteiger partial charge in [-0.25, -0.2) is 0 Å². The number of piperazine rings is 1. The molecule has 0 radical (unpaired) electrons. The highest BCUT2D eigenvalue weighted by Crippen LogP contribution is 2.11. The lowest BCUT2D eigenvalue weighted by Gasteiger charge is -2.32. The van der Waals surface area contributed by atoms with Gasteiger partial charge in [0.15, 0.2) is 0 Å². The molecule has 0 aliphatic carbocycles. The Morgan fingerprint density at radius 3 is 2.50 bits per heavy atom. The lowest BCUT2D eigenvalue weighted by molar-refractivity contribution is 0.311. The lowest BCUT2D eigenvalue weighted by Crippen LogP contribution is -2.45. The van der Waals surface area contributed by atoms with Crippen LogP contribution in [0, 0.1) is 6.92 Å². The summed E-state index contributed by atoms with van der Waals surface area (Å²) in [5.41, 5.74) is 6.02. The van der Waals surface area contributed by atoms with Crippen LogP contribution in [0.2, 0.25) is 0 Å². The number of likely N-dealkylation sites (N-methyl/N-ethyl adjacent to an activating group) is 1. The van der Waals surface area contributed by atoms with Crippen LogP contribution in [0.4, 0.5) is 11.8 Å². The third-order valence-electron chi connectivity index (χ3n) is 2.98. The lowest BCUT2D eigenvalue weighted by atomic mass is 10.3. The molecule has 88 valence electrons. The molecule has 1 saturated heterocycles. The molecule has 6 nitrogen and oxygen atoms in total. The van der Waals surface area contributed by atoms with Crippen molar-refractivity contribution in [3.05, 3.63) is 15.9 Å². The second kappa shape index (κ2) is 4.13. The molecular weight excluding hydrogens is 206 g/mol. The minimum absolute atomic E-state index is 0.151. The summed E-state index contributed by atoms with van der Waals surface area (Å²) in [5.74, 6) is 0.902. The number of H-pyrrole nitrogens is 1. The molecule has 1 aliphatic heterocycles. The standard InChI is InChI=1S/C10H17N5O/c1-7-8(11)12-10(13-9(7)16)15-5-3-14(2)4-6-15/h3-6H2,1-2H3,(H3,11,12,13,16). The Hall–Kier alpha value is -1.56. The molecule has 0 spiro atoms. The molecular formula is C10H17N5O. The van der Waals surface area contributed by atoms with Crippen LogP contribution in [0.25, 0.3) is 0 Å². The predicted octanol–water partition coefficient (Wildman–Crippen LogP) is -0.588. The smallest absolute Gasteiger partial charge is 0.257 e. The molecule has 0 amide bonds. The van der Waals surface area contributed by atoms with Gasteiger partial charge >= 0.3 is 0 Å². The topological polar surface area (TPSA) is 78.2 Å². The van der Waals surface area contributed by atoms with Crippen LogP contribution in [0.1, 0.15) is 5.56 Å². The zero-order valence-electron chi connectivity index (χ0n) is 9.66. The van der Waals surface area contributed by atoms with Gasteiger partial charge < -0.3 is 15.5 Å². The van der Waals surface area contributed by atoms with Crippen molar-refractivity contribution in [2.45, 2.75) is 6.92 Å². The summed E-state index contributed by atoms with van der Waals surface area (Å²) in [7, 11) is 2.08. The number of hydrogen-bond acceptors (Lipinski definition) is 5. The Labute approximate surface area is 94.1 Å². The number of anilines is 2. The second-order valence-corrected chi connectivity index (χ2v) is 4.19. The van der Waals surface area contributed by atoms with Crippen molar-refractivity contribution in [1.29, 1.82) is 0 Å². The number of nitrogens with one attached hydrogen (secondary N) is 1. The Morgan fingerprint density at radius 2 is 1.94 bits per heavy atom. The summed E-state index contributed by atoms with van der Waals surface area (Å²) in [6, 6.07) is 0. The van der Waals surface area contributed by atoms with E-state index in [-0.39, 0.29) is 5.56 Å². The van der Waals surface area contributed by atoms with E-state index in [1.54, 1.807) is 6.92 Å². The van der Waals surface area contributed by atoms with Crippen molar-refractivity contribution in [2.75, 3.05) is 43.9 Å². The highest BCUT2D eigenvalue weighted by molar-refractivity contribution is 5.43. The van der Waals surface area contributed by atoms with Gasteiger partial charge in [0.2, 0.25) is 5.95 Å². The third-order valence-corrected chi connectivity index (χ3v) is 2.98. The molecule has 2 heterocycles. The Balaban J connectivity index is 2.24. The zero-order valence-corrected chi connectivity index (χ0v) is 9.66. The fourth-order valence-electron chi connectivity index (χ4n) is 1.71. The number of nitrogens with two attached hydrogens (primary N) is 1. The molecule has 0 unspecified atom stereocenters. The molecule has 0 aromatic carbocycles. The van der Waals surface area contributed by atoms with Crippen molar-refractivity contribution in [1.82, 2.24) is 14.9 Å². The molecule has 1 aromatic rings. The maximum atomic E-state index is 11.6. The normalized spacial score (nSPS) is 17.8. The van der Waals surface area contributed by atoms with Crippen LogP contribution in [0.5, 0.6) is 0 Å². The van der Waals surface area contributed by atoms with E-state index >= 15 is 0 Å². The summed E-state index contributed by atoms with van der Waals surface area (Å²) in [5, 5.41) is 0. The molecule has 0 saturated carbocycles. The molecule has 1 aliphatic rings. The first-order chi connectivity index (χ1) is 7.58. The molecule has 16 heavy (non-hydrogen) atoms. The summed E-state index contributed by atoms with van der Waals surface area (Å²) in [4.78, 5) is 22.8. The van der Waals surface area contributed by atoms with E-state index < -0.39 is 0 Å². The average molecular weight is 223 g/mol. The Kier molecular flexibility index (Phi) is 2.82. The number of nitrogen functional groups attached to an aromatic ring is 1. The van der Waals surface area contributed by atoms with E-state index in [0.717, 1.165) is 26.2 Å². The van der Waals surface area contributed by atoms with E-state index in [0.29, 0.717) is 17.3 Å². The quantitative estimate of drug-likeness (QED) is 0.665. The zero-order chi connectivity index (χ0) is 11.7. The molecule has 0 bridgehead atoms. The highest BCUT2D eigenvalue weighted by Gasteiger charge is 2.17. The molecule has 3 N–H and O–H groups in total. The van der Waals surface area contributed by atoms with Gasteiger partial charge in [0.05, 0.1) is 5.56 Å². The SMILES string of the molecule is Cc1c(N)nc(N2CCN(C)CC2)[nH]c1=O. The molecule has 1 aromatic heterocycles. The van der Waals surface area contributed by atoms with Gasteiger partial charge in [-0.05, 0) is 14.0 Å². The molecule has 1 fully saturated rings. The van der Waals surface area contributed by atoms with Gasteiger partial charge in [0.25, 0.3) is 5.56 Å². The van der Waals surface area contributed by atoms with Crippen molar-refractivity contribution in [3.8, 4) is 0 Å². The third kappa shape index (κ3) is 2.01. The minimum Gasteiger partial charge on any atom is -0.383 e. The summed E-state index contributed by atoms with van der Waals surface area (Å²) >= 11 is 0. The Bertz CT molecular complexity index is 433. The van der Waals surface area contributed by atoms with Gasteiger partial charge in [-0.3, -0.25) is 9.78 Å². The number of hydrogen-bond donors (Lipinski definition) is 2. The van der Waals surface area contributed by atoms with Gasteiger partial charge in [0, 0.05) is 26.2 Å². The van der Waals surface area contributed by atoms with Crippen LogP contribution in [-0.4, -0.2) is 48.1 Å². The fraction of sp³-hybridized carbons (Fsp3) is 0.600. The number of rotatable bonds is 1. The van der Waals surface area contributed by atoms with Gasteiger partial charge in [-0.2, -0.15) is 4.98 Å². The second-order valence-electron chi connectivity index (χ2n) is 4.19. The summed E-state index contributed by atoms with van der Waals surface area (Å²) < 4.78 is 0. The van der Waals surface area contributed by atoms with Crippen LogP contribution in [0.3, 0.4) is 0 Å². The highest BCUT2D eigenvalue weighted by atomic mass is 16.1. The maximum absolute atomic E-state index is 11.6. The van der Waals surface area contributed by atoms with Crippen molar-refractivity contribution >= 4 is 11.8 Å². The van der Waals surface area contributed by atoms with Gasteiger partial charge in [-0.1, -0.05) is 0 Å². The van der Waals surface area contributed by atoms with E-state index in [9.17, 15) is 4.79 Å². The first kappa shape index (κ1) is 10.9. The summed E-state index contributed by atoms with van der Waals surface area (Å²) in [6.07, 6.45) is 0. The maximum Gasteiger partial charge on any atom is 0.257 e. The predicted molar refractivity (Wildman–Crippen MR) is 63.7 cm³/mol. The number of aromatic amines is 1. The Morgan fingerprint density at radius 1 is 1.31 bits per heavy atom. The van der Waals surface area contributed by atoms with E-state index in [1.165, 1.54) is 0 Å². The van der Waals surface area contributed by atoms with Gasteiger partial charge in [-0.15, -0.1) is 0 Å². The number of aromatic nitrogens is 2. The first-order valence-electron chi connectivity index (χ1n) is 5.38. The van der Waals surface area contributed by atoms with Crippen molar-refractivity contribution < 1.29 is 0 Å². The van der Waals surface area contributed by atoms with E-state index in [2.05, 4.69) is 26.8 Å². The van der Waals surface area contributed by atoms with Crippen LogP contribution < -0.4 is 16.2 Å². The molecule has 2 rings (SSSR count). The van der Waals surface area contributed by atoms with Crippen molar-refractivity contribution in [3.63, 3.8) is 0 Å². The monoisotopic (exact) mass is 223 g/mol. The van der Waals surface area contributed by atoms with E-state index in [1.807, 2.05) is 0 Å². The van der Waals surface area contributed by atoms with Gasteiger partial charge in [0.1, 0.15) is 5.82 Å². The number of nitrogens with zero attached hydrogens (tertiary/aromatic N) is 3. The minimum atomic E-state index is -0.151. The summed E-state index contributed by atoms with van der Waals surface area (Å²) in [6.45, 7) is 5.34.